The predicted molar refractivity (Wildman–Crippen MR) is 68.0 cm³/mol. The van der Waals surface area contributed by atoms with Crippen molar-refractivity contribution in [2.75, 3.05) is 6.54 Å². The maximum Gasteiger partial charge on any atom is 0.0204 e. The summed E-state index contributed by atoms with van der Waals surface area (Å²) in [5.74, 6) is 0. The molecular weight excluding hydrogens is 182 g/mol. The van der Waals surface area contributed by atoms with E-state index in [9.17, 15) is 0 Å². The Morgan fingerprint density at radius 1 is 1.33 bits per heavy atom. The standard InChI is InChI=1S/C14H25N/c1-5-6-12(9-10-14(2,3)4)11-15-13-7-8-13/h6,9-10,13,15H,5,7-8,11H2,1-4H3/b10-9-,12-6+. The summed E-state index contributed by atoms with van der Waals surface area (Å²) >= 11 is 0. The van der Waals surface area contributed by atoms with Crippen LogP contribution in [0, 0.1) is 5.41 Å². The SMILES string of the molecule is CC/C=C(\C=C/C(C)(C)C)CNC1CC1. The molecule has 0 aliphatic heterocycles. The highest BCUT2D eigenvalue weighted by atomic mass is 14.9. The van der Waals surface area contributed by atoms with Gasteiger partial charge in [0, 0.05) is 12.6 Å². The molecule has 0 heterocycles. The van der Waals surface area contributed by atoms with Crippen molar-refractivity contribution >= 4 is 0 Å². The third kappa shape index (κ3) is 6.51. The van der Waals surface area contributed by atoms with Gasteiger partial charge in [-0.3, -0.25) is 0 Å². The van der Waals surface area contributed by atoms with Gasteiger partial charge in [-0.2, -0.15) is 0 Å². The average Bonchev–Trinajstić information content (AvgIpc) is 2.92. The van der Waals surface area contributed by atoms with Crippen molar-refractivity contribution in [3.63, 3.8) is 0 Å². The first-order valence-corrected chi connectivity index (χ1v) is 6.13. The first kappa shape index (κ1) is 12.5. The minimum absolute atomic E-state index is 0.284. The van der Waals surface area contributed by atoms with Crippen LogP contribution in [0.2, 0.25) is 0 Å². The highest BCUT2D eigenvalue weighted by Gasteiger charge is 2.19. The zero-order valence-corrected chi connectivity index (χ0v) is 10.6. The maximum absolute atomic E-state index is 3.56. The van der Waals surface area contributed by atoms with Gasteiger partial charge in [-0.15, -0.1) is 0 Å². The molecule has 0 unspecified atom stereocenters. The van der Waals surface area contributed by atoms with Crippen molar-refractivity contribution in [2.24, 2.45) is 5.41 Å². The lowest BCUT2D eigenvalue weighted by Gasteiger charge is -2.12. The molecule has 1 aliphatic rings. The van der Waals surface area contributed by atoms with Crippen molar-refractivity contribution in [3.05, 3.63) is 23.8 Å². The van der Waals surface area contributed by atoms with Crippen molar-refractivity contribution < 1.29 is 0 Å². The van der Waals surface area contributed by atoms with E-state index in [4.69, 9.17) is 0 Å². The second kappa shape index (κ2) is 5.50. The van der Waals surface area contributed by atoms with E-state index in [-0.39, 0.29) is 5.41 Å². The monoisotopic (exact) mass is 207 g/mol. The van der Waals surface area contributed by atoms with Gasteiger partial charge in [-0.25, -0.2) is 0 Å². The Hall–Kier alpha value is -0.560. The lowest BCUT2D eigenvalue weighted by molar-refractivity contribution is 0.543. The summed E-state index contributed by atoms with van der Waals surface area (Å²) in [4.78, 5) is 0. The summed E-state index contributed by atoms with van der Waals surface area (Å²) in [5, 5.41) is 3.56. The third-order valence-corrected chi connectivity index (χ3v) is 2.44. The van der Waals surface area contributed by atoms with Crippen molar-refractivity contribution in [3.8, 4) is 0 Å². The average molecular weight is 207 g/mol. The molecule has 1 rings (SSSR count). The molecule has 1 heteroatoms. The Balaban J connectivity index is 2.42. The van der Waals surface area contributed by atoms with E-state index in [0.717, 1.165) is 19.0 Å². The summed E-state index contributed by atoms with van der Waals surface area (Å²) in [6, 6.07) is 0.799. The fourth-order valence-corrected chi connectivity index (χ4v) is 1.37. The number of rotatable bonds is 5. The van der Waals surface area contributed by atoms with E-state index in [1.165, 1.54) is 18.4 Å². The Labute approximate surface area is 94.6 Å². The van der Waals surface area contributed by atoms with E-state index in [2.05, 4.69) is 51.2 Å². The van der Waals surface area contributed by atoms with Gasteiger partial charge >= 0.3 is 0 Å². The van der Waals surface area contributed by atoms with Crippen LogP contribution in [-0.4, -0.2) is 12.6 Å². The molecule has 86 valence electrons. The topological polar surface area (TPSA) is 12.0 Å². The number of allylic oxidation sites excluding steroid dienone is 2. The summed E-state index contributed by atoms with van der Waals surface area (Å²) in [6.07, 6.45) is 10.7. The quantitative estimate of drug-likeness (QED) is 0.678. The number of hydrogen-bond donors (Lipinski definition) is 1. The van der Waals surface area contributed by atoms with E-state index >= 15 is 0 Å². The number of nitrogens with one attached hydrogen (secondary N) is 1. The highest BCUT2D eigenvalue weighted by molar-refractivity contribution is 5.22. The minimum Gasteiger partial charge on any atom is -0.310 e. The predicted octanol–water partition coefficient (Wildman–Crippen LogP) is 3.68. The zero-order chi connectivity index (χ0) is 11.3. The van der Waals surface area contributed by atoms with Crippen LogP contribution in [-0.2, 0) is 0 Å². The van der Waals surface area contributed by atoms with Gasteiger partial charge in [0.15, 0.2) is 0 Å². The van der Waals surface area contributed by atoms with Crippen LogP contribution in [0.25, 0.3) is 0 Å². The summed E-state index contributed by atoms with van der Waals surface area (Å²) in [7, 11) is 0. The normalized spacial score (nSPS) is 18.8. The van der Waals surface area contributed by atoms with Gasteiger partial charge in [0.05, 0.1) is 0 Å². The fraction of sp³-hybridized carbons (Fsp3) is 0.714. The lowest BCUT2D eigenvalue weighted by Crippen LogP contribution is -2.18. The molecule has 15 heavy (non-hydrogen) atoms. The Kier molecular flexibility index (Phi) is 4.59. The zero-order valence-electron chi connectivity index (χ0n) is 10.6. The molecule has 0 spiro atoms. The highest BCUT2D eigenvalue weighted by Crippen LogP contribution is 2.20. The van der Waals surface area contributed by atoms with Crippen LogP contribution in [0.1, 0.15) is 47.0 Å². The molecule has 0 radical (unpaired) electrons. The van der Waals surface area contributed by atoms with Gasteiger partial charge in [-0.05, 0) is 30.3 Å². The lowest BCUT2D eigenvalue weighted by atomic mass is 9.95. The second-order valence-corrected chi connectivity index (χ2v) is 5.54. The molecule has 0 amide bonds. The van der Waals surface area contributed by atoms with Crippen molar-refractivity contribution in [1.82, 2.24) is 5.32 Å². The van der Waals surface area contributed by atoms with Gasteiger partial charge in [0.2, 0.25) is 0 Å². The molecule has 0 aromatic rings. The molecule has 0 bridgehead atoms. The van der Waals surface area contributed by atoms with Crippen LogP contribution >= 0.6 is 0 Å². The Morgan fingerprint density at radius 3 is 2.47 bits per heavy atom. The van der Waals surface area contributed by atoms with Crippen LogP contribution in [0.3, 0.4) is 0 Å². The van der Waals surface area contributed by atoms with Crippen LogP contribution in [0.15, 0.2) is 23.8 Å². The van der Waals surface area contributed by atoms with Gasteiger partial charge in [0.1, 0.15) is 0 Å². The van der Waals surface area contributed by atoms with Crippen LogP contribution in [0.4, 0.5) is 0 Å². The van der Waals surface area contributed by atoms with Crippen LogP contribution in [0.5, 0.6) is 0 Å². The first-order chi connectivity index (χ1) is 7.01. The van der Waals surface area contributed by atoms with Gasteiger partial charge in [-0.1, -0.05) is 45.9 Å². The van der Waals surface area contributed by atoms with Crippen molar-refractivity contribution in [1.29, 1.82) is 0 Å². The molecule has 0 aromatic heterocycles. The molecular formula is C14H25N. The molecule has 1 aliphatic carbocycles. The molecule has 1 fully saturated rings. The first-order valence-electron chi connectivity index (χ1n) is 6.13. The summed E-state index contributed by atoms with van der Waals surface area (Å²) in [6.45, 7) is 9.94. The molecule has 0 aromatic carbocycles. The molecule has 1 saturated carbocycles. The van der Waals surface area contributed by atoms with E-state index in [0.29, 0.717) is 0 Å². The molecule has 0 saturated heterocycles. The van der Waals surface area contributed by atoms with Crippen LogP contribution < -0.4 is 5.32 Å². The largest absolute Gasteiger partial charge is 0.310 e. The summed E-state index contributed by atoms with van der Waals surface area (Å²) in [5.41, 5.74) is 1.71. The Bertz CT molecular complexity index is 239. The Morgan fingerprint density at radius 2 is 2.00 bits per heavy atom. The van der Waals surface area contributed by atoms with E-state index in [1.54, 1.807) is 0 Å². The minimum atomic E-state index is 0.284. The second-order valence-electron chi connectivity index (χ2n) is 5.54. The molecule has 1 N–H and O–H groups in total. The third-order valence-electron chi connectivity index (χ3n) is 2.44. The molecule has 1 nitrogen and oxygen atoms in total. The van der Waals surface area contributed by atoms with E-state index in [1.807, 2.05) is 0 Å². The fourth-order valence-electron chi connectivity index (χ4n) is 1.37. The summed E-state index contributed by atoms with van der Waals surface area (Å²) < 4.78 is 0. The van der Waals surface area contributed by atoms with E-state index < -0.39 is 0 Å². The maximum atomic E-state index is 3.56. The van der Waals surface area contributed by atoms with Crippen molar-refractivity contribution in [2.45, 2.75) is 53.0 Å². The number of hydrogen-bond acceptors (Lipinski definition) is 1. The van der Waals surface area contributed by atoms with Gasteiger partial charge in [0.25, 0.3) is 0 Å². The molecule has 0 atom stereocenters. The van der Waals surface area contributed by atoms with Gasteiger partial charge < -0.3 is 5.32 Å². The smallest absolute Gasteiger partial charge is 0.0204 e.